The van der Waals surface area contributed by atoms with Crippen molar-refractivity contribution >= 4 is 44.4 Å². The molecular weight excluding hydrogens is 442 g/mol. The molecule has 1 atom stereocenters. The predicted octanol–water partition coefficient (Wildman–Crippen LogP) is 5.52. The number of pyridine rings is 1. The summed E-state index contributed by atoms with van der Waals surface area (Å²) in [5.41, 5.74) is 4.87. The Bertz CT molecular complexity index is 1230. The van der Waals surface area contributed by atoms with Gasteiger partial charge in [0, 0.05) is 22.6 Å². The molecule has 0 aliphatic rings. The Kier molecular flexibility index (Phi) is 5.72. The topological polar surface area (TPSA) is 79.8 Å². The fraction of sp³-hybridized carbons (Fsp3) is 0.130. The summed E-state index contributed by atoms with van der Waals surface area (Å²) in [6, 6.07) is 15.3. The van der Waals surface area contributed by atoms with Crippen LogP contribution >= 0.6 is 15.9 Å². The van der Waals surface area contributed by atoms with Crippen molar-refractivity contribution in [3.63, 3.8) is 0 Å². The number of carbonyl (C=O) groups excluding carboxylic acids is 1. The van der Waals surface area contributed by atoms with Gasteiger partial charge in [0.1, 0.15) is 5.82 Å². The molecule has 0 bridgehead atoms. The van der Waals surface area contributed by atoms with Crippen LogP contribution in [-0.4, -0.2) is 20.9 Å². The second kappa shape index (κ2) is 8.59. The monoisotopic (exact) mass is 461 g/mol. The summed E-state index contributed by atoms with van der Waals surface area (Å²) in [5, 5.41) is 6.31. The Balaban J connectivity index is 1.49. The van der Waals surface area contributed by atoms with Gasteiger partial charge in [0.15, 0.2) is 0 Å². The Labute approximate surface area is 182 Å². The number of hydrogen-bond acceptors (Lipinski definition) is 5. The van der Waals surface area contributed by atoms with Crippen LogP contribution in [0, 0.1) is 6.92 Å². The van der Waals surface area contributed by atoms with Crippen molar-refractivity contribution in [3.05, 3.63) is 88.3 Å². The van der Waals surface area contributed by atoms with Gasteiger partial charge in [0.25, 0.3) is 5.91 Å². The van der Waals surface area contributed by atoms with E-state index in [-0.39, 0.29) is 11.9 Å². The molecule has 0 unspecified atom stereocenters. The zero-order valence-corrected chi connectivity index (χ0v) is 18.1. The van der Waals surface area contributed by atoms with Gasteiger partial charge in [-0.25, -0.2) is 4.98 Å². The molecule has 6 nitrogen and oxygen atoms in total. The lowest BCUT2D eigenvalue weighted by Crippen LogP contribution is -2.13. The van der Waals surface area contributed by atoms with Crippen LogP contribution in [0.2, 0.25) is 0 Å². The van der Waals surface area contributed by atoms with Gasteiger partial charge in [-0.3, -0.25) is 14.8 Å². The van der Waals surface area contributed by atoms with Crippen molar-refractivity contribution in [2.75, 3.05) is 10.6 Å². The molecule has 150 valence electrons. The summed E-state index contributed by atoms with van der Waals surface area (Å²) < 4.78 is 0.960. The van der Waals surface area contributed by atoms with E-state index in [4.69, 9.17) is 0 Å². The molecule has 0 saturated carbocycles. The van der Waals surface area contributed by atoms with Crippen LogP contribution in [0.5, 0.6) is 0 Å². The number of hydrogen-bond donors (Lipinski definition) is 2. The first-order valence-corrected chi connectivity index (χ1v) is 10.3. The third-order valence-corrected chi connectivity index (χ3v) is 5.14. The number of rotatable bonds is 5. The first kappa shape index (κ1) is 20.0. The summed E-state index contributed by atoms with van der Waals surface area (Å²) in [6.07, 6.45) is 5.01. The highest BCUT2D eigenvalue weighted by molar-refractivity contribution is 9.10. The summed E-state index contributed by atoms with van der Waals surface area (Å²) in [4.78, 5) is 25.7. The van der Waals surface area contributed by atoms with E-state index >= 15 is 0 Å². The molecule has 30 heavy (non-hydrogen) atoms. The molecule has 0 radical (unpaired) electrons. The van der Waals surface area contributed by atoms with Crippen molar-refractivity contribution in [1.82, 2.24) is 15.0 Å². The zero-order chi connectivity index (χ0) is 21.1. The largest absolute Gasteiger partial charge is 0.362 e. The Hall–Kier alpha value is -3.32. The van der Waals surface area contributed by atoms with Gasteiger partial charge >= 0.3 is 0 Å². The molecule has 2 aromatic heterocycles. The highest BCUT2D eigenvalue weighted by atomic mass is 79.9. The first-order chi connectivity index (χ1) is 14.5. The maximum absolute atomic E-state index is 12.5. The number of fused-ring (bicyclic) bond motifs is 1. The van der Waals surface area contributed by atoms with Crippen molar-refractivity contribution in [1.29, 1.82) is 0 Å². The van der Waals surface area contributed by atoms with Gasteiger partial charge in [-0.15, -0.1) is 0 Å². The molecule has 4 aromatic rings. The number of benzene rings is 2. The third-order valence-electron chi connectivity index (χ3n) is 4.65. The van der Waals surface area contributed by atoms with E-state index in [2.05, 4.69) is 41.5 Å². The third kappa shape index (κ3) is 4.63. The van der Waals surface area contributed by atoms with Gasteiger partial charge < -0.3 is 10.6 Å². The average molecular weight is 462 g/mol. The molecule has 0 spiro atoms. The average Bonchev–Trinajstić information content (AvgIpc) is 2.73. The SMILES string of the molecule is Cc1cncc(C(=O)Nc2cccc([C@H](C)Nc3cnc4ccc(Br)cc4n3)c2)c1. The van der Waals surface area contributed by atoms with E-state index in [1.54, 1.807) is 18.6 Å². The van der Waals surface area contributed by atoms with Gasteiger partial charge in [0.2, 0.25) is 0 Å². The van der Waals surface area contributed by atoms with Crippen molar-refractivity contribution in [2.24, 2.45) is 0 Å². The zero-order valence-electron chi connectivity index (χ0n) is 16.6. The van der Waals surface area contributed by atoms with E-state index in [1.165, 1.54) is 0 Å². The Morgan fingerprint density at radius 1 is 1.03 bits per heavy atom. The van der Waals surface area contributed by atoms with Crippen molar-refractivity contribution in [2.45, 2.75) is 19.9 Å². The van der Waals surface area contributed by atoms with E-state index in [9.17, 15) is 4.79 Å². The number of amides is 1. The molecule has 4 rings (SSSR count). The lowest BCUT2D eigenvalue weighted by Gasteiger charge is -2.16. The van der Waals surface area contributed by atoms with Crippen molar-refractivity contribution < 1.29 is 4.79 Å². The first-order valence-electron chi connectivity index (χ1n) is 9.50. The van der Waals surface area contributed by atoms with E-state index in [0.717, 1.165) is 32.3 Å². The minimum atomic E-state index is -0.185. The lowest BCUT2D eigenvalue weighted by atomic mass is 10.1. The van der Waals surface area contributed by atoms with Gasteiger partial charge in [0.05, 0.1) is 28.8 Å². The fourth-order valence-corrected chi connectivity index (χ4v) is 3.48. The van der Waals surface area contributed by atoms with Crippen LogP contribution in [0.4, 0.5) is 11.5 Å². The number of nitrogens with zero attached hydrogens (tertiary/aromatic N) is 3. The summed E-state index contributed by atoms with van der Waals surface area (Å²) in [6.45, 7) is 3.95. The summed E-state index contributed by atoms with van der Waals surface area (Å²) in [5.74, 6) is 0.503. The number of anilines is 2. The van der Waals surface area contributed by atoms with Gasteiger partial charge in [-0.05, 0) is 61.4 Å². The molecule has 0 aliphatic carbocycles. The molecule has 1 amide bonds. The van der Waals surface area contributed by atoms with E-state index in [1.807, 2.05) is 62.4 Å². The van der Waals surface area contributed by atoms with Crippen LogP contribution in [0.25, 0.3) is 11.0 Å². The Morgan fingerprint density at radius 2 is 1.90 bits per heavy atom. The molecule has 7 heteroatoms. The van der Waals surface area contributed by atoms with Gasteiger partial charge in [-0.1, -0.05) is 28.1 Å². The number of carbonyl (C=O) groups is 1. The van der Waals surface area contributed by atoms with Crippen LogP contribution in [0.15, 0.2) is 71.6 Å². The highest BCUT2D eigenvalue weighted by Gasteiger charge is 2.11. The van der Waals surface area contributed by atoms with Crippen LogP contribution < -0.4 is 10.6 Å². The van der Waals surface area contributed by atoms with Crippen LogP contribution in [-0.2, 0) is 0 Å². The van der Waals surface area contributed by atoms with Gasteiger partial charge in [-0.2, -0.15) is 0 Å². The maximum atomic E-state index is 12.5. The minimum absolute atomic E-state index is 0.0265. The second-order valence-corrected chi connectivity index (χ2v) is 8.00. The smallest absolute Gasteiger partial charge is 0.257 e. The Morgan fingerprint density at radius 3 is 2.73 bits per heavy atom. The van der Waals surface area contributed by atoms with Crippen LogP contribution in [0.1, 0.15) is 34.5 Å². The molecule has 0 fully saturated rings. The molecular formula is C23H20BrN5O. The number of aryl methyl sites for hydroxylation is 1. The predicted molar refractivity (Wildman–Crippen MR) is 123 cm³/mol. The molecule has 0 saturated heterocycles. The fourth-order valence-electron chi connectivity index (χ4n) is 3.13. The normalized spacial score (nSPS) is 11.8. The van der Waals surface area contributed by atoms with Crippen LogP contribution in [0.3, 0.4) is 0 Å². The summed E-state index contributed by atoms with van der Waals surface area (Å²) >= 11 is 3.47. The molecule has 2 N–H and O–H groups in total. The highest BCUT2D eigenvalue weighted by Crippen LogP contribution is 2.23. The number of halogens is 1. The maximum Gasteiger partial charge on any atom is 0.257 e. The molecule has 2 aromatic carbocycles. The minimum Gasteiger partial charge on any atom is -0.362 e. The molecule has 0 aliphatic heterocycles. The standard InChI is InChI=1S/C23H20BrN5O/c1-14-8-17(12-25-11-14)23(30)28-19-5-3-4-16(9-19)15(2)27-22-13-26-20-7-6-18(24)10-21(20)29-22/h3-13,15H,1-2H3,(H,27,29)(H,28,30)/t15-/m0/s1. The lowest BCUT2D eigenvalue weighted by molar-refractivity contribution is 0.102. The quantitative estimate of drug-likeness (QED) is 0.408. The number of aromatic nitrogens is 3. The molecule has 2 heterocycles. The summed E-state index contributed by atoms with van der Waals surface area (Å²) in [7, 11) is 0. The number of nitrogens with one attached hydrogen (secondary N) is 2. The van der Waals surface area contributed by atoms with Crippen molar-refractivity contribution in [3.8, 4) is 0 Å². The van der Waals surface area contributed by atoms with E-state index in [0.29, 0.717) is 11.4 Å². The van der Waals surface area contributed by atoms with E-state index < -0.39 is 0 Å². The second-order valence-electron chi connectivity index (χ2n) is 7.08.